The van der Waals surface area contributed by atoms with Crippen LogP contribution in [-0.4, -0.2) is 43.0 Å². The van der Waals surface area contributed by atoms with E-state index in [0.29, 0.717) is 11.6 Å². The average molecular weight is 444 g/mol. The van der Waals surface area contributed by atoms with Crippen LogP contribution >= 0.6 is 0 Å². The standard InChI is InChI=1S/C19H15F3N8O2/c1-29(19(31)32)15-16(23)26-18(27-17(15)24)30-12-3-2-6-25-14(12)11(28-30)7-8-9(20)4-5-10(21)13(8)22/h2-6H,7H2,1H3,(H,31,32)(H4,23,24,26,27). The lowest BCUT2D eigenvalue weighted by Crippen LogP contribution is -2.27. The van der Waals surface area contributed by atoms with Gasteiger partial charge in [-0.15, -0.1) is 0 Å². The van der Waals surface area contributed by atoms with E-state index in [9.17, 15) is 18.0 Å². The molecule has 0 saturated heterocycles. The van der Waals surface area contributed by atoms with Crippen molar-refractivity contribution in [1.29, 1.82) is 0 Å². The lowest BCUT2D eigenvalue weighted by Gasteiger charge is -2.17. The number of hydrogen-bond donors (Lipinski definition) is 3. The largest absolute Gasteiger partial charge is 0.465 e. The first-order valence-corrected chi connectivity index (χ1v) is 9.04. The quantitative estimate of drug-likeness (QED) is 0.407. The molecule has 0 unspecified atom stereocenters. The Bertz CT molecular complexity index is 1350. The predicted octanol–water partition coefficient (Wildman–Crippen LogP) is 2.50. The van der Waals surface area contributed by atoms with E-state index in [1.54, 1.807) is 12.1 Å². The highest BCUT2D eigenvalue weighted by Gasteiger charge is 2.23. The van der Waals surface area contributed by atoms with Crippen LogP contribution in [0.5, 0.6) is 0 Å². The number of hydrogen-bond acceptors (Lipinski definition) is 7. The predicted molar refractivity (Wildman–Crippen MR) is 109 cm³/mol. The van der Waals surface area contributed by atoms with Gasteiger partial charge in [-0.25, -0.2) is 18.0 Å². The van der Waals surface area contributed by atoms with Gasteiger partial charge in [0.25, 0.3) is 5.95 Å². The zero-order chi connectivity index (χ0) is 23.2. The van der Waals surface area contributed by atoms with Crippen LogP contribution in [0.1, 0.15) is 11.3 Å². The van der Waals surface area contributed by atoms with Crippen LogP contribution in [0.4, 0.5) is 35.3 Å². The minimum atomic E-state index is -1.32. The number of halogens is 3. The average Bonchev–Trinajstić information content (AvgIpc) is 3.12. The van der Waals surface area contributed by atoms with Crippen LogP contribution in [0.3, 0.4) is 0 Å². The molecule has 1 aromatic carbocycles. The van der Waals surface area contributed by atoms with Gasteiger partial charge in [-0.05, 0) is 24.3 Å². The van der Waals surface area contributed by atoms with Crippen LogP contribution in [0.25, 0.3) is 17.0 Å². The minimum absolute atomic E-state index is 0.111. The molecule has 4 rings (SSSR count). The summed E-state index contributed by atoms with van der Waals surface area (Å²) >= 11 is 0. The number of carboxylic acid groups (broad SMARTS) is 1. The molecule has 0 fully saturated rings. The maximum atomic E-state index is 14.2. The van der Waals surface area contributed by atoms with Crippen LogP contribution in [0, 0.1) is 17.5 Å². The van der Waals surface area contributed by atoms with Crippen LogP contribution in [0.2, 0.25) is 0 Å². The molecule has 1 amide bonds. The molecule has 0 aliphatic heterocycles. The van der Waals surface area contributed by atoms with E-state index < -0.39 is 35.5 Å². The van der Waals surface area contributed by atoms with Crippen LogP contribution in [0.15, 0.2) is 30.5 Å². The molecule has 3 aromatic heterocycles. The summed E-state index contributed by atoms with van der Waals surface area (Å²) in [7, 11) is 1.22. The smallest absolute Gasteiger partial charge is 0.411 e. The number of nitrogens with two attached hydrogens (primary N) is 2. The van der Waals surface area contributed by atoms with Crippen molar-refractivity contribution in [3.63, 3.8) is 0 Å². The first-order chi connectivity index (χ1) is 15.2. The topological polar surface area (TPSA) is 149 Å². The molecule has 10 nitrogen and oxygen atoms in total. The van der Waals surface area contributed by atoms with Crippen molar-refractivity contribution in [1.82, 2.24) is 24.7 Å². The molecule has 0 aliphatic rings. The lowest BCUT2D eigenvalue weighted by molar-refractivity contribution is 0.203. The van der Waals surface area contributed by atoms with Gasteiger partial charge in [0.1, 0.15) is 17.0 Å². The molecule has 3 heterocycles. The van der Waals surface area contributed by atoms with Crippen LogP contribution < -0.4 is 16.4 Å². The normalized spacial score (nSPS) is 11.1. The summed E-state index contributed by atoms with van der Waals surface area (Å²) in [5.74, 6) is -4.03. The highest BCUT2D eigenvalue weighted by Crippen LogP contribution is 2.29. The molecular weight excluding hydrogens is 429 g/mol. The maximum absolute atomic E-state index is 14.2. The second-order valence-electron chi connectivity index (χ2n) is 6.71. The molecule has 0 radical (unpaired) electrons. The first-order valence-electron chi connectivity index (χ1n) is 9.04. The Balaban J connectivity index is 1.86. The molecule has 5 N–H and O–H groups in total. The molecule has 0 spiro atoms. The Kier molecular flexibility index (Phi) is 5.00. The van der Waals surface area contributed by atoms with Gasteiger partial charge in [0.05, 0.1) is 11.2 Å². The second-order valence-corrected chi connectivity index (χ2v) is 6.71. The summed E-state index contributed by atoms with van der Waals surface area (Å²) in [6, 6.07) is 4.71. The molecule has 32 heavy (non-hydrogen) atoms. The van der Waals surface area contributed by atoms with Gasteiger partial charge in [0.2, 0.25) is 0 Å². The number of fused-ring (bicyclic) bond motifs is 1. The molecule has 0 aliphatic carbocycles. The number of carbonyl (C=O) groups is 1. The fourth-order valence-electron chi connectivity index (χ4n) is 3.19. The third-order valence-electron chi connectivity index (χ3n) is 4.73. The Morgan fingerprint density at radius 3 is 2.44 bits per heavy atom. The van der Waals surface area contributed by atoms with Gasteiger partial charge in [-0.2, -0.15) is 19.7 Å². The zero-order valence-electron chi connectivity index (χ0n) is 16.4. The highest BCUT2D eigenvalue weighted by atomic mass is 19.2. The SMILES string of the molecule is CN(C(=O)O)c1c(N)nc(-n2nc(Cc3c(F)ccc(F)c3F)c3ncccc32)nc1N. The number of nitrogens with zero attached hydrogens (tertiary/aromatic N) is 6. The summed E-state index contributed by atoms with van der Waals surface area (Å²) in [4.78, 5) is 24.3. The van der Waals surface area contributed by atoms with Crippen molar-refractivity contribution in [2.45, 2.75) is 6.42 Å². The first kappa shape index (κ1) is 20.8. The zero-order valence-corrected chi connectivity index (χ0v) is 16.4. The Morgan fingerprint density at radius 1 is 1.12 bits per heavy atom. The Hall–Kier alpha value is -4.42. The van der Waals surface area contributed by atoms with E-state index in [2.05, 4.69) is 20.1 Å². The van der Waals surface area contributed by atoms with E-state index >= 15 is 0 Å². The van der Waals surface area contributed by atoms with Crippen LogP contribution in [-0.2, 0) is 6.42 Å². The number of rotatable bonds is 4. The monoisotopic (exact) mass is 444 g/mol. The molecule has 4 aromatic rings. The minimum Gasteiger partial charge on any atom is -0.465 e. The third kappa shape index (κ3) is 3.38. The van der Waals surface area contributed by atoms with Gasteiger partial charge in [0, 0.05) is 25.2 Å². The fraction of sp³-hybridized carbons (Fsp3) is 0.105. The molecule has 164 valence electrons. The van der Waals surface area contributed by atoms with Crippen molar-refractivity contribution >= 4 is 34.4 Å². The molecular formula is C19H15F3N8O2. The van der Waals surface area contributed by atoms with E-state index in [1.807, 2.05) is 0 Å². The number of anilines is 3. The molecule has 0 bridgehead atoms. The van der Waals surface area contributed by atoms with E-state index in [1.165, 1.54) is 17.9 Å². The van der Waals surface area contributed by atoms with Crippen molar-refractivity contribution < 1.29 is 23.1 Å². The van der Waals surface area contributed by atoms with Crippen molar-refractivity contribution in [2.75, 3.05) is 23.4 Å². The second kappa shape index (κ2) is 7.68. The number of benzene rings is 1. The van der Waals surface area contributed by atoms with Crippen molar-refractivity contribution in [3.8, 4) is 5.95 Å². The number of pyridine rings is 1. The summed E-state index contributed by atoms with van der Waals surface area (Å²) in [5, 5.41) is 13.5. The summed E-state index contributed by atoms with van der Waals surface area (Å²) in [5.41, 5.74) is 11.9. The van der Waals surface area contributed by atoms with Gasteiger partial charge >= 0.3 is 6.09 Å². The lowest BCUT2D eigenvalue weighted by atomic mass is 10.1. The Labute approximate surface area is 177 Å². The number of aromatic nitrogens is 5. The third-order valence-corrected chi connectivity index (χ3v) is 4.73. The molecule has 0 saturated carbocycles. The van der Waals surface area contributed by atoms with E-state index in [4.69, 9.17) is 16.6 Å². The van der Waals surface area contributed by atoms with Crippen molar-refractivity contribution in [2.24, 2.45) is 0 Å². The number of amides is 1. The molecule has 13 heteroatoms. The van der Waals surface area contributed by atoms with Gasteiger partial charge in [0.15, 0.2) is 23.3 Å². The molecule has 0 atom stereocenters. The summed E-state index contributed by atoms with van der Waals surface area (Å²) in [6.07, 6.45) is -0.277. The fourth-order valence-corrected chi connectivity index (χ4v) is 3.19. The summed E-state index contributed by atoms with van der Waals surface area (Å²) < 4.78 is 43.2. The number of nitrogen functional groups attached to an aromatic ring is 2. The van der Waals surface area contributed by atoms with Crippen molar-refractivity contribution in [3.05, 3.63) is 59.2 Å². The van der Waals surface area contributed by atoms with Gasteiger partial charge in [-0.1, -0.05) is 0 Å². The van der Waals surface area contributed by atoms with E-state index in [0.717, 1.165) is 11.0 Å². The highest BCUT2D eigenvalue weighted by molar-refractivity contribution is 5.93. The van der Waals surface area contributed by atoms with Gasteiger partial charge in [-0.3, -0.25) is 9.88 Å². The van der Waals surface area contributed by atoms with E-state index in [-0.39, 0.29) is 34.5 Å². The van der Waals surface area contributed by atoms with Gasteiger partial charge < -0.3 is 16.6 Å². The Morgan fingerprint density at radius 2 is 1.78 bits per heavy atom. The summed E-state index contributed by atoms with van der Waals surface area (Å²) in [6.45, 7) is 0. The maximum Gasteiger partial charge on any atom is 0.411 e.